The first kappa shape index (κ1) is 14.2. The van der Waals surface area contributed by atoms with Crippen molar-refractivity contribution >= 4 is 23.5 Å². The molecule has 2 rings (SSSR count). The maximum absolute atomic E-state index is 13.6. The highest BCUT2D eigenvalue weighted by Gasteiger charge is 2.17. The monoisotopic (exact) mass is 289 g/mol. The summed E-state index contributed by atoms with van der Waals surface area (Å²) in [5, 5.41) is 3.87. The molecule has 0 radical (unpaired) electrons. The Morgan fingerprint density at radius 1 is 1.39 bits per heavy atom. The van der Waals surface area contributed by atoms with Gasteiger partial charge in [-0.05, 0) is 13.0 Å². The second kappa shape index (κ2) is 6.78. The van der Waals surface area contributed by atoms with Crippen molar-refractivity contribution in [3.05, 3.63) is 35.4 Å². The van der Waals surface area contributed by atoms with Crippen LogP contribution in [0.25, 0.3) is 0 Å². The predicted octanol–water partition coefficient (Wildman–Crippen LogP) is 3.46. The average Bonchev–Trinajstić information content (AvgIpc) is 2.40. The Morgan fingerprint density at radius 3 is 2.94 bits per heavy atom. The Hall–Kier alpha value is -0.260. The maximum atomic E-state index is 13.6. The Bertz CT molecular complexity index is 395. The van der Waals surface area contributed by atoms with Gasteiger partial charge in [0.2, 0.25) is 0 Å². The highest BCUT2D eigenvalue weighted by Crippen LogP contribution is 2.24. The summed E-state index contributed by atoms with van der Waals surface area (Å²) in [6.45, 7) is 2.72. The van der Waals surface area contributed by atoms with Gasteiger partial charge in [-0.25, -0.2) is 8.78 Å². The molecule has 0 amide bonds. The standard InChI is InChI=1S/C13H17F2NS2/c1-9(11-3-2-4-12(14)13(11)15)16-7-10-8-17-5-6-18-10/h2-4,9-10,16H,5-8H2,1H3. The molecule has 100 valence electrons. The zero-order chi connectivity index (χ0) is 13.0. The highest BCUT2D eigenvalue weighted by molar-refractivity contribution is 8.06. The van der Waals surface area contributed by atoms with Crippen molar-refractivity contribution in [3.63, 3.8) is 0 Å². The van der Waals surface area contributed by atoms with Crippen molar-refractivity contribution in [3.8, 4) is 0 Å². The van der Waals surface area contributed by atoms with Gasteiger partial charge >= 0.3 is 0 Å². The largest absolute Gasteiger partial charge is 0.309 e. The van der Waals surface area contributed by atoms with Gasteiger partial charge in [0, 0.05) is 40.7 Å². The lowest BCUT2D eigenvalue weighted by molar-refractivity contribution is 0.474. The van der Waals surface area contributed by atoms with E-state index in [2.05, 4.69) is 5.32 Å². The number of hydrogen-bond acceptors (Lipinski definition) is 3. The molecule has 0 bridgehead atoms. The average molecular weight is 289 g/mol. The van der Waals surface area contributed by atoms with E-state index in [4.69, 9.17) is 0 Å². The topological polar surface area (TPSA) is 12.0 Å². The van der Waals surface area contributed by atoms with Gasteiger partial charge in [-0.3, -0.25) is 0 Å². The minimum Gasteiger partial charge on any atom is -0.309 e. The lowest BCUT2D eigenvalue weighted by Gasteiger charge is -2.23. The molecule has 5 heteroatoms. The summed E-state index contributed by atoms with van der Waals surface area (Å²) < 4.78 is 26.7. The molecule has 0 aliphatic carbocycles. The molecule has 1 nitrogen and oxygen atoms in total. The van der Waals surface area contributed by atoms with E-state index in [-0.39, 0.29) is 6.04 Å². The summed E-state index contributed by atoms with van der Waals surface area (Å²) in [4.78, 5) is 0. The van der Waals surface area contributed by atoms with Gasteiger partial charge in [0.05, 0.1) is 0 Å². The van der Waals surface area contributed by atoms with E-state index in [0.29, 0.717) is 10.8 Å². The highest BCUT2D eigenvalue weighted by atomic mass is 32.2. The summed E-state index contributed by atoms with van der Waals surface area (Å²) in [7, 11) is 0. The van der Waals surface area contributed by atoms with Gasteiger partial charge < -0.3 is 5.32 Å². The lowest BCUT2D eigenvalue weighted by Crippen LogP contribution is -2.31. The van der Waals surface area contributed by atoms with Gasteiger partial charge in [0.1, 0.15) is 0 Å². The molecule has 1 saturated heterocycles. The van der Waals surface area contributed by atoms with Gasteiger partial charge in [-0.1, -0.05) is 12.1 Å². The molecule has 1 aliphatic heterocycles. The van der Waals surface area contributed by atoms with Crippen molar-refractivity contribution in [2.45, 2.75) is 18.2 Å². The first-order chi connectivity index (χ1) is 8.68. The molecular weight excluding hydrogens is 272 g/mol. The molecule has 0 spiro atoms. The number of thioether (sulfide) groups is 2. The molecule has 1 N–H and O–H groups in total. The molecule has 2 unspecified atom stereocenters. The number of rotatable bonds is 4. The quantitative estimate of drug-likeness (QED) is 0.911. The molecule has 18 heavy (non-hydrogen) atoms. The van der Waals surface area contributed by atoms with E-state index in [1.807, 2.05) is 30.4 Å². The third-order valence-corrected chi connectivity index (χ3v) is 5.83. The van der Waals surface area contributed by atoms with Crippen molar-refractivity contribution in [2.75, 3.05) is 23.8 Å². The smallest absolute Gasteiger partial charge is 0.163 e. The second-order valence-electron chi connectivity index (χ2n) is 4.34. The van der Waals surface area contributed by atoms with Crippen molar-refractivity contribution < 1.29 is 8.78 Å². The molecule has 0 saturated carbocycles. The SMILES string of the molecule is CC(NCC1CSCCS1)c1cccc(F)c1F. The van der Waals surface area contributed by atoms with Crippen LogP contribution in [0, 0.1) is 11.6 Å². The number of halogens is 2. The van der Waals surface area contributed by atoms with Gasteiger partial charge in [-0.15, -0.1) is 0 Å². The minimum atomic E-state index is -0.774. The molecule has 1 aromatic rings. The van der Waals surface area contributed by atoms with E-state index < -0.39 is 11.6 Å². The van der Waals surface area contributed by atoms with Crippen LogP contribution in [-0.2, 0) is 0 Å². The van der Waals surface area contributed by atoms with Crippen LogP contribution in [-0.4, -0.2) is 29.1 Å². The number of benzene rings is 1. The Balaban J connectivity index is 1.90. The predicted molar refractivity (Wildman–Crippen MR) is 76.3 cm³/mol. The molecular formula is C13H17F2NS2. The molecule has 2 atom stereocenters. The Labute approximate surface area is 115 Å². The Morgan fingerprint density at radius 2 is 2.22 bits per heavy atom. The zero-order valence-corrected chi connectivity index (χ0v) is 11.9. The summed E-state index contributed by atoms with van der Waals surface area (Å²) in [6, 6.07) is 4.18. The first-order valence-corrected chi connectivity index (χ1v) is 8.25. The molecule has 1 aromatic carbocycles. The van der Waals surface area contributed by atoms with Gasteiger partial charge in [0.15, 0.2) is 11.6 Å². The molecule has 1 heterocycles. The summed E-state index contributed by atoms with van der Waals surface area (Å²) in [5.74, 6) is 2.03. The van der Waals surface area contributed by atoms with E-state index in [1.165, 1.54) is 11.5 Å². The van der Waals surface area contributed by atoms with Gasteiger partial charge in [0.25, 0.3) is 0 Å². The van der Waals surface area contributed by atoms with E-state index >= 15 is 0 Å². The van der Waals surface area contributed by atoms with Crippen molar-refractivity contribution in [1.29, 1.82) is 0 Å². The fourth-order valence-corrected chi connectivity index (χ4v) is 4.55. The van der Waals surface area contributed by atoms with Crippen LogP contribution in [0.1, 0.15) is 18.5 Å². The van der Waals surface area contributed by atoms with E-state index in [0.717, 1.165) is 18.4 Å². The summed E-state index contributed by atoms with van der Waals surface area (Å²) >= 11 is 3.92. The van der Waals surface area contributed by atoms with Crippen molar-refractivity contribution in [2.24, 2.45) is 0 Å². The summed E-state index contributed by atoms with van der Waals surface area (Å²) in [6.07, 6.45) is 0. The fraction of sp³-hybridized carbons (Fsp3) is 0.538. The summed E-state index contributed by atoms with van der Waals surface area (Å²) in [5.41, 5.74) is 0.406. The van der Waals surface area contributed by atoms with Crippen molar-refractivity contribution in [1.82, 2.24) is 5.32 Å². The van der Waals surface area contributed by atoms with Crippen LogP contribution in [0.3, 0.4) is 0 Å². The Kier molecular flexibility index (Phi) is 5.33. The van der Waals surface area contributed by atoms with Crippen LogP contribution in [0.2, 0.25) is 0 Å². The second-order valence-corrected chi connectivity index (χ2v) is 6.90. The van der Waals surface area contributed by atoms with E-state index in [9.17, 15) is 8.78 Å². The minimum absolute atomic E-state index is 0.159. The molecule has 1 fully saturated rings. The molecule has 0 aromatic heterocycles. The first-order valence-electron chi connectivity index (χ1n) is 6.05. The van der Waals surface area contributed by atoms with Crippen LogP contribution < -0.4 is 5.32 Å². The van der Waals surface area contributed by atoms with E-state index in [1.54, 1.807) is 12.1 Å². The fourth-order valence-electron chi connectivity index (χ4n) is 1.93. The third-order valence-electron chi connectivity index (χ3n) is 2.98. The molecule has 1 aliphatic rings. The number of hydrogen-bond donors (Lipinski definition) is 1. The van der Waals surface area contributed by atoms with Crippen LogP contribution >= 0.6 is 23.5 Å². The lowest BCUT2D eigenvalue weighted by atomic mass is 10.1. The van der Waals surface area contributed by atoms with Crippen LogP contribution in [0.15, 0.2) is 18.2 Å². The van der Waals surface area contributed by atoms with Crippen LogP contribution in [0.4, 0.5) is 8.78 Å². The maximum Gasteiger partial charge on any atom is 0.163 e. The van der Waals surface area contributed by atoms with Crippen LogP contribution in [0.5, 0.6) is 0 Å². The zero-order valence-electron chi connectivity index (χ0n) is 10.3. The van der Waals surface area contributed by atoms with Gasteiger partial charge in [-0.2, -0.15) is 23.5 Å². The third kappa shape index (κ3) is 3.62. The normalized spacial score (nSPS) is 21.8. The number of nitrogens with one attached hydrogen (secondary N) is 1.